The summed E-state index contributed by atoms with van der Waals surface area (Å²) in [5, 5.41) is 0. The first-order valence-electron chi connectivity index (χ1n) is 6.81. The average Bonchev–Trinajstić information content (AvgIpc) is 2.93. The Morgan fingerprint density at radius 2 is 1.89 bits per heavy atom. The summed E-state index contributed by atoms with van der Waals surface area (Å²) in [5.41, 5.74) is 2.56. The number of rotatable bonds is 2. The fourth-order valence-electron chi connectivity index (χ4n) is 3.00. The monoisotopic (exact) mass is 260 g/mol. The van der Waals surface area contributed by atoms with Crippen molar-refractivity contribution in [1.82, 2.24) is 0 Å². The Bertz CT molecular complexity index is 550. The summed E-state index contributed by atoms with van der Waals surface area (Å²) in [7, 11) is 0. The molecule has 0 N–H and O–H groups in total. The van der Waals surface area contributed by atoms with Crippen LogP contribution in [0.1, 0.15) is 44.7 Å². The van der Waals surface area contributed by atoms with Crippen LogP contribution in [0.25, 0.3) is 0 Å². The van der Waals surface area contributed by atoms with Gasteiger partial charge in [-0.2, -0.15) is 0 Å². The minimum absolute atomic E-state index is 0.143. The lowest BCUT2D eigenvalue weighted by molar-refractivity contribution is -0.142. The molecule has 1 atom stereocenters. The number of carbonyl (C=O) groups is 1. The maximum Gasteiger partial charge on any atom is 0.190 e. The Morgan fingerprint density at radius 3 is 2.58 bits per heavy atom. The third kappa shape index (κ3) is 2.16. The zero-order valence-corrected chi connectivity index (χ0v) is 11.8. The van der Waals surface area contributed by atoms with Crippen molar-refractivity contribution in [1.29, 1.82) is 0 Å². The highest BCUT2D eigenvalue weighted by Crippen LogP contribution is 2.40. The van der Waals surface area contributed by atoms with Crippen LogP contribution in [0.3, 0.4) is 0 Å². The van der Waals surface area contributed by atoms with Gasteiger partial charge in [0.2, 0.25) is 0 Å². The number of carbonyl (C=O) groups excluding carboxylic acids is 1. The molecule has 1 aliphatic carbocycles. The molecule has 1 aliphatic heterocycles. The van der Waals surface area contributed by atoms with E-state index in [9.17, 15) is 4.79 Å². The Labute approximate surface area is 113 Å². The van der Waals surface area contributed by atoms with E-state index in [1.54, 1.807) is 12.5 Å². The predicted molar refractivity (Wildman–Crippen MR) is 71.7 cm³/mol. The van der Waals surface area contributed by atoms with Crippen molar-refractivity contribution in [2.75, 3.05) is 0 Å². The normalized spacial score (nSPS) is 28.9. The van der Waals surface area contributed by atoms with E-state index in [-0.39, 0.29) is 11.2 Å². The topological polar surface area (TPSA) is 39.4 Å². The number of ether oxygens (including phenoxy) is 1. The van der Waals surface area contributed by atoms with Crippen molar-refractivity contribution in [2.24, 2.45) is 5.41 Å². The first kappa shape index (κ1) is 12.7. The second-order valence-electron chi connectivity index (χ2n) is 6.72. The molecule has 0 saturated carbocycles. The fraction of sp³-hybridized carbons (Fsp3) is 0.562. The molecule has 0 saturated heterocycles. The van der Waals surface area contributed by atoms with Crippen LogP contribution in [-0.4, -0.2) is 11.4 Å². The largest absolute Gasteiger partial charge is 0.472 e. The van der Waals surface area contributed by atoms with Gasteiger partial charge in [-0.3, -0.25) is 4.79 Å². The standard InChI is InChI=1S/C16H20O3/c1-15(2)5-4-11(6-15)14(17)16(3)7-12-8-18-9-13(12)10-19-16/h4,8-9H,5-7,10H2,1-3H3. The lowest BCUT2D eigenvalue weighted by atomic mass is 9.83. The van der Waals surface area contributed by atoms with Crippen molar-refractivity contribution in [3.8, 4) is 0 Å². The van der Waals surface area contributed by atoms with E-state index in [0.29, 0.717) is 13.0 Å². The number of hydrogen-bond acceptors (Lipinski definition) is 3. The molecular weight excluding hydrogens is 240 g/mol. The second-order valence-corrected chi connectivity index (χ2v) is 6.72. The molecule has 0 radical (unpaired) electrons. The Hall–Kier alpha value is -1.35. The Morgan fingerprint density at radius 1 is 1.16 bits per heavy atom. The summed E-state index contributed by atoms with van der Waals surface area (Å²) in [4.78, 5) is 12.7. The van der Waals surface area contributed by atoms with E-state index >= 15 is 0 Å². The lowest BCUT2D eigenvalue weighted by Crippen LogP contribution is -2.43. The fourth-order valence-corrected chi connectivity index (χ4v) is 3.00. The zero-order chi connectivity index (χ0) is 13.7. The molecule has 1 unspecified atom stereocenters. The molecule has 3 rings (SSSR count). The second kappa shape index (κ2) is 4.07. The smallest absolute Gasteiger partial charge is 0.190 e. The molecule has 0 amide bonds. The van der Waals surface area contributed by atoms with Gasteiger partial charge >= 0.3 is 0 Å². The summed E-state index contributed by atoms with van der Waals surface area (Å²) in [6, 6.07) is 0. The number of ketones is 1. The van der Waals surface area contributed by atoms with Gasteiger partial charge in [-0.1, -0.05) is 19.9 Å². The number of furan rings is 1. The summed E-state index contributed by atoms with van der Waals surface area (Å²) in [6.07, 6.45) is 7.95. The molecular formula is C16H20O3. The Kier molecular flexibility index (Phi) is 2.72. The van der Waals surface area contributed by atoms with Gasteiger partial charge in [-0.25, -0.2) is 0 Å². The molecule has 1 aromatic rings. The van der Waals surface area contributed by atoms with Gasteiger partial charge in [0.05, 0.1) is 19.1 Å². The third-order valence-corrected chi connectivity index (χ3v) is 4.25. The molecule has 0 bridgehead atoms. The van der Waals surface area contributed by atoms with E-state index in [0.717, 1.165) is 29.5 Å². The first-order valence-corrected chi connectivity index (χ1v) is 6.81. The molecule has 2 aliphatic rings. The number of allylic oxidation sites excluding steroid dienone is 1. The minimum Gasteiger partial charge on any atom is -0.472 e. The van der Waals surface area contributed by atoms with E-state index < -0.39 is 5.60 Å². The van der Waals surface area contributed by atoms with Crippen LogP contribution in [0.2, 0.25) is 0 Å². The number of hydrogen-bond donors (Lipinski definition) is 0. The zero-order valence-electron chi connectivity index (χ0n) is 11.8. The average molecular weight is 260 g/mol. The molecule has 102 valence electrons. The summed E-state index contributed by atoms with van der Waals surface area (Å²) in [6.45, 7) is 6.76. The van der Waals surface area contributed by atoms with Crippen molar-refractivity contribution in [2.45, 2.75) is 52.2 Å². The van der Waals surface area contributed by atoms with E-state index in [4.69, 9.17) is 9.15 Å². The van der Waals surface area contributed by atoms with Gasteiger partial charge < -0.3 is 9.15 Å². The molecule has 3 nitrogen and oxygen atoms in total. The van der Waals surface area contributed by atoms with Crippen LogP contribution in [0.5, 0.6) is 0 Å². The molecule has 3 heteroatoms. The van der Waals surface area contributed by atoms with Crippen LogP contribution < -0.4 is 0 Å². The van der Waals surface area contributed by atoms with Gasteiger partial charge in [0, 0.05) is 12.0 Å². The molecule has 1 aromatic heterocycles. The summed E-state index contributed by atoms with van der Waals surface area (Å²) >= 11 is 0. The van der Waals surface area contributed by atoms with Crippen molar-refractivity contribution < 1.29 is 13.9 Å². The maximum atomic E-state index is 12.7. The van der Waals surface area contributed by atoms with Crippen LogP contribution in [-0.2, 0) is 22.6 Å². The van der Waals surface area contributed by atoms with E-state index in [1.165, 1.54) is 0 Å². The van der Waals surface area contributed by atoms with Gasteiger partial charge in [0.1, 0.15) is 5.60 Å². The van der Waals surface area contributed by atoms with Gasteiger partial charge in [0.25, 0.3) is 0 Å². The maximum absolute atomic E-state index is 12.7. The minimum atomic E-state index is -0.733. The van der Waals surface area contributed by atoms with Gasteiger partial charge in [-0.05, 0) is 36.3 Å². The lowest BCUT2D eigenvalue weighted by Gasteiger charge is -2.33. The molecule has 0 aromatic carbocycles. The third-order valence-electron chi connectivity index (χ3n) is 4.25. The Balaban J connectivity index is 1.81. The summed E-state index contributed by atoms with van der Waals surface area (Å²) in [5.74, 6) is 0.143. The summed E-state index contributed by atoms with van der Waals surface area (Å²) < 4.78 is 11.0. The van der Waals surface area contributed by atoms with E-state index in [2.05, 4.69) is 19.9 Å². The van der Waals surface area contributed by atoms with Crippen molar-refractivity contribution in [3.05, 3.63) is 35.3 Å². The number of Topliss-reactive ketones (excluding diaryl/α,β-unsaturated/α-hetero) is 1. The van der Waals surface area contributed by atoms with Crippen LogP contribution in [0.4, 0.5) is 0 Å². The van der Waals surface area contributed by atoms with E-state index in [1.807, 2.05) is 6.92 Å². The highest BCUT2D eigenvalue weighted by Gasteiger charge is 2.42. The molecule has 2 heterocycles. The van der Waals surface area contributed by atoms with Crippen molar-refractivity contribution >= 4 is 5.78 Å². The molecule has 19 heavy (non-hydrogen) atoms. The van der Waals surface area contributed by atoms with Gasteiger partial charge in [0.15, 0.2) is 5.78 Å². The van der Waals surface area contributed by atoms with Crippen molar-refractivity contribution in [3.63, 3.8) is 0 Å². The number of fused-ring (bicyclic) bond motifs is 1. The van der Waals surface area contributed by atoms with Gasteiger partial charge in [-0.15, -0.1) is 0 Å². The van der Waals surface area contributed by atoms with Crippen LogP contribution >= 0.6 is 0 Å². The SMILES string of the molecule is CC1(C)CC=C(C(=O)C2(C)Cc3cocc3CO2)C1. The molecule has 0 spiro atoms. The first-order chi connectivity index (χ1) is 8.90. The van der Waals surface area contributed by atoms with Crippen LogP contribution in [0.15, 0.2) is 28.6 Å². The molecule has 0 fully saturated rings. The predicted octanol–water partition coefficient (Wildman–Crippen LogP) is 3.43. The highest BCUT2D eigenvalue weighted by molar-refractivity contribution is 6.02. The van der Waals surface area contributed by atoms with Crippen LogP contribution in [0, 0.1) is 5.41 Å². The highest BCUT2D eigenvalue weighted by atomic mass is 16.5. The quantitative estimate of drug-likeness (QED) is 0.817.